The van der Waals surface area contributed by atoms with Crippen LogP contribution in [0.25, 0.3) is 10.6 Å². The third-order valence-electron chi connectivity index (χ3n) is 7.20. The summed E-state index contributed by atoms with van der Waals surface area (Å²) >= 11 is 1.44. The molecule has 0 saturated carbocycles. The van der Waals surface area contributed by atoms with Gasteiger partial charge < -0.3 is 25.8 Å². The molecule has 0 fully saturated rings. The maximum atomic E-state index is 13.0. The number of thiazole rings is 1. The molecule has 0 radical (unpaired) electrons. The van der Waals surface area contributed by atoms with E-state index in [2.05, 4.69) is 20.9 Å². The molecule has 1 aromatic heterocycles. The number of ether oxygens (including phenoxy) is 1. The summed E-state index contributed by atoms with van der Waals surface area (Å²) < 4.78 is 27.8. The Hall–Kier alpha value is -4.27. The quantitative estimate of drug-likeness (QED) is 0.102. The smallest absolute Gasteiger partial charge is 0.320 e. The van der Waals surface area contributed by atoms with Crippen LogP contribution >= 0.6 is 21.9 Å². The molecule has 45 heavy (non-hydrogen) atoms. The molecule has 1 aliphatic rings. The zero-order valence-electron chi connectivity index (χ0n) is 24.6. The molecule has 3 aromatic carbocycles. The van der Waals surface area contributed by atoms with E-state index in [1.165, 1.54) is 41.7 Å². The largest absolute Gasteiger partial charge is 0.494 e. The molecule has 1 aliphatic heterocycles. The molecule has 4 aromatic rings. The molecular weight excluding hydrogens is 617 g/mol. The molecule has 1 atom stereocenters. The van der Waals surface area contributed by atoms with Gasteiger partial charge in [0.2, 0.25) is 0 Å². The number of anilines is 1. The Morgan fingerprint density at radius 3 is 2.53 bits per heavy atom. The number of aliphatic carboxylic acids is 1. The molecule has 0 saturated heterocycles. The minimum atomic E-state index is -3.46. The molecule has 5 rings (SSSR count). The summed E-state index contributed by atoms with van der Waals surface area (Å²) in [5.74, 6) is -1.03. The highest BCUT2D eigenvalue weighted by Gasteiger charge is 2.32. The van der Waals surface area contributed by atoms with E-state index < -0.39 is 28.5 Å². The number of rotatable bonds is 12. The van der Waals surface area contributed by atoms with E-state index in [-0.39, 0.29) is 45.0 Å². The lowest BCUT2D eigenvalue weighted by Crippen LogP contribution is -2.41. The first-order valence-corrected chi connectivity index (χ1v) is 16.7. The van der Waals surface area contributed by atoms with E-state index in [4.69, 9.17) is 4.74 Å². The van der Waals surface area contributed by atoms with Crippen LogP contribution in [0.15, 0.2) is 82.7 Å². The van der Waals surface area contributed by atoms with Gasteiger partial charge in [0.1, 0.15) is 16.8 Å². The van der Waals surface area contributed by atoms with Gasteiger partial charge in [-0.3, -0.25) is 23.5 Å². The summed E-state index contributed by atoms with van der Waals surface area (Å²) in [4.78, 5) is 42.6. The molecule has 6 N–H and O–H groups in total. The van der Waals surface area contributed by atoms with Crippen LogP contribution in [0, 0.1) is 5.92 Å². The van der Waals surface area contributed by atoms with Gasteiger partial charge in [0.15, 0.2) is 0 Å². The fourth-order valence-electron chi connectivity index (χ4n) is 4.84. The second-order valence-electron chi connectivity index (χ2n) is 10.8. The standard InChI is InChI=1S/C32H34N4O7S2/c1-19(2)28(32(39)40)33-14-5-15-43-22-11-8-20(9-12-22)31-35-18-23(44-31)17-34-29(37)21-10-13-27-25(16-21)36-30(38)24-6-3-4-7-26(24)45(27,41)42/h3-4,6-13,16,18-19,28,33,41-42H,5,14-15,17H2,1-2H3,(H,34,37)(H,36,38)(H,39,40)/t28-/m0/s1. The van der Waals surface area contributed by atoms with Gasteiger partial charge in [-0.25, -0.2) is 4.98 Å². The van der Waals surface area contributed by atoms with Crippen molar-refractivity contribution in [3.63, 3.8) is 0 Å². The van der Waals surface area contributed by atoms with Gasteiger partial charge >= 0.3 is 5.97 Å². The average molecular weight is 651 g/mol. The highest BCUT2D eigenvalue weighted by molar-refractivity contribution is 8.24. The summed E-state index contributed by atoms with van der Waals surface area (Å²) in [7, 11) is -3.46. The van der Waals surface area contributed by atoms with Crippen LogP contribution < -0.4 is 20.7 Å². The van der Waals surface area contributed by atoms with E-state index in [1.54, 1.807) is 18.3 Å². The predicted octanol–water partition coefficient (Wildman–Crippen LogP) is 5.94. The SMILES string of the molecule is CC(C)[C@H](NCCCOc1ccc(-c2ncc(CNC(=O)c3ccc4c(c3)NC(=O)c3ccccc3S4(O)O)s2)cc1)C(=O)O. The minimum Gasteiger partial charge on any atom is -0.494 e. The highest BCUT2D eigenvalue weighted by atomic mass is 32.3. The number of hydrogen-bond donors (Lipinski definition) is 6. The van der Waals surface area contributed by atoms with Crippen molar-refractivity contribution >= 4 is 45.4 Å². The number of carboxylic acid groups (broad SMARTS) is 1. The van der Waals surface area contributed by atoms with E-state index in [0.29, 0.717) is 25.3 Å². The Balaban J connectivity index is 1.14. The summed E-state index contributed by atoms with van der Waals surface area (Å²) in [5, 5.41) is 18.6. The number of nitrogens with one attached hydrogen (secondary N) is 3. The number of hydrogen-bond acceptors (Lipinski definition) is 9. The van der Waals surface area contributed by atoms with Crippen LogP contribution in [-0.4, -0.2) is 56.2 Å². The molecule has 0 unspecified atom stereocenters. The summed E-state index contributed by atoms with van der Waals surface area (Å²) in [6, 6.07) is 17.7. The van der Waals surface area contributed by atoms with Crippen molar-refractivity contribution in [1.82, 2.24) is 15.6 Å². The average Bonchev–Trinajstić information content (AvgIpc) is 3.47. The Morgan fingerprint density at radius 1 is 1.04 bits per heavy atom. The first kappa shape index (κ1) is 32.1. The Labute approximate surface area is 266 Å². The van der Waals surface area contributed by atoms with Crippen LogP contribution in [0.2, 0.25) is 0 Å². The van der Waals surface area contributed by atoms with Gasteiger partial charge in [-0.05, 0) is 73.5 Å². The van der Waals surface area contributed by atoms with Gasteiger partial charge in [0.05, 0.1) is 34.2 Å². The predicted molar refractivity (Wildman–Crippen MR) is 173 cm³/mol. The number of carbonyl (C=O) groups is 3. The highest BCUT2D eigenvalue weighted by Crippen LogP contribution is 2.60. The lowest BCUT2D eigenvalue weighted by Gasteiger charge is -2.33. The van der Waals surface area contributed by atoms with E-state index >= 15 is 0 Å². The topological polar surface area (TPSA) is 170 Å². The summed E-state index contributed by atoms with van der Waals surface area (Å²) in [5.41, 5.74) is 1.50. The van der Waals surface area contributed by atoms with Gasteiger partial charge in [0.25, 0.3) is 11.8 Å². The monoisotopic (exact) mass is 650 g/mol. The fourth-order valence-corrected chi connectivity index (χ4v) is 7.35. The second-order valence-corrected chi connectivity index (χ2v) is 13.9. The third kappa shape index (κ3) is 7.35. The molecule has 0 spiro atoms. The Kier molecular flexibility index (Phi) is 9.85. The van der Waals surface area contributed by atoms with Crippen LogP contribution in [0.4, 0.5) is 5.69 Å². The summed E-state index contributed by atoms with van der Waals surface area (Å²) in [6.45, 7) is 4.95. The Bertz CT molecular complexity index is 1710. The summed E-state index contributed by atoms with van der Waals surface area (Å²) in [6.07, 6.45) is 2.36. The lowest BCUT2D eigenvalue weighted by molar-refractivity contribution is -0.140. The second kappa shape index (κ2) is 13.8. The van der Waals surface area contributed by atoms with E-state index in [0.717, 1.165) is 15.4 Å². The Morgan fingerprint density at radius 2 is 1.80 bits per heavy atom. The number of carboxylic acids is 1. The first-order chi connectivity index (χ1) is 21.5. The van der Waals surface area contributed by atoms with Crippen molar-refractivity contribution in [2.24, 2.45) is 5.92 Å². The molecule has 11 nitrogen and oxygen atoms in total. The number of aromatic nitrogens is 1. The normalized spacial score (nSPS) is 14.8. The van der Waals surface area contributed by atoms with Crippen LogP contribution in [0.1, 0.15) is 45.9 Å². The van der Waals surface area contributed by atoms with Crippen LogP contribution in [0.5, 0.6) is 5.75 Å². The fraction of sp³-hybridized carbons (Fsp3) is 0.250. The lowest BCUT2D eigenvalue weighted by atomic mass is 10.0. The molecule has 2 heterocycles. The van der Waals surface area contributed by atoms with Gasteiger partial charge in [0, 0.05) is 22.2 Å². The molecular formula is C32H34N4O7S2. The number of nitrogens with zero attached hydrogens (tertiary/aromatic N) is 1. The van der Waals surface area contributed by atoms with Crippen molar-refractivity contribution in [2.75, 3.05) is 18.5 Å². The molecule has 0 bridgehead atoms. The molecule has 236 valence electrons. The molecule has 13 heteroatoms. The van der Waals surface area contributed by atoms with Crippen molar-refractivity contribution in [2.45, 2.75) is 42.6 Å². The van der Waals surface area contributed by atoms with Crippen LogP contribution in [0.3, 0.4) is 0 Å². The van der Waals surface area contributed by atoms with Crippen LogP contribution in [-0.2, 0) is 11.3 Å². The zero-order valence-corrected chi connectivity index (χ0v) is 26.3. The molecule has 0 aliphatic carbocycles. The van der Waals surface area contributed by atoms with Crippen molar-refractivity contribution in [3.8, 4) is 16.3 Å². The van der Waals surface area contributed by atoms with Crippen molar-refractivity contribution in [3.05, 3.63) is 88.9 Å². The minimum absolute atomic E-state index is 0.00488. The number of carbonyl (C=O) groups excluding carboxylic acids is 2. The molecule has 2 amide bonds. The van der Waals surface area contributed by atoms with E-state index in [9.17, 15) is 28.6 Å². The maximum Gasteiger partial charge on any atom is 0.320 e. The van der Waals surface area contributed by atoms with Crippen molar-refractivity contribution < 1.29 is 33.3 Å². The number of amides is 2. The first-order valence-electron chi connectivity index (χ1n) is 14.3. The van der Waals surface area contributed by atoms with E-state index in [1.807, 2.05) is 38.1 Å². The van der Waals surface area contributed by atoms with Gasteiger partial charge in [-0.15, -0.1) is 21.9 Å². The van der Waals surface area contributed by atoms with Gasteiger partial charge in [-0.2, -0.15) is 0 Å². The number of fused-ring (bicyclic) bond motifs is 2. The zero-order chi connectivity index (χ0) is 32.1. The van der Waals surface area contributed by atoms with Crippen molar-refractivity contribution in [1.29, 1.82) is 0 Å². The third-order valence-corrected chi connectivity index (χ3v) is 10.2. The maximum absolute atomic E-state index is 13.0. The van der Waals surface area contributed by atoms with Gasteiger partial charge in [-0.1, -0.05) is 26.0 Å². The number of benzene rings is 3.